The van der Waals surface area contributed by atoms with Crippen LogP contribution in [0.25, 0.3) is 6.08 Å². The summed E-state index contributed by atoms with van der Waals surface area (Å²) in [5.41, 5.74) is 1.68. The smallest absolute Gasteiger partial charge is 0.293 e. The second kappa shape index (κ2) is 9.44. The minimum Gasteiger partial charge on any atom is -0.439 e. The molecule has 9 heteroatoms. The molecule has 1 aliphatic heterocycles. The van der Waals surface area contributed by atoms with Gasteiger partial charge < -0.3 is 4.74 Å². The van der Waals surface area contributed by atoms with Crippen molar-refractivity contribution >= 4 is 34.7 Å². The first-order valence-electron chi connectivity index (χ1n) is 9.67. The highest BCUT2D eigenvalue weighted by atomic mass is 32.2. The molecule has 1 fully saturated rings. The average Bonchev–Trinajstić information content (AvgIpc) is 3.07. The number of thioether (sulfide) groups is 1. The molecule has 160 valence electrons. The molecule has 1 aromatic heterocycles. The zero-order valence-corrected chi connectivity index (χ0v) is 17.5. The summed E-state index contributed by atoms with van der Waals surface area (Å²) >= 11 is 0.924. The molecule has 2 heterocycles. The van der Waals surface area contributed by atoms with E-state index in [4.69, 9.17) is 4.74 Å². The van der Waals surface area contributed by atoms with Crippen LogP contribution in [-0.2, 0) is 11.2 Å². The standard InChI is InChI=1S/C23H17N3O5S/c27-22-20(32-23(28)25(22)13-12-16-4-2-1-3-5-16)14-17-6-9-19(10-7-17)31-21-11-8-18(15-24-21)26(29)30/h1-11,14-15H,12-13H2/b20-14-. The Labute approximate surface area is 187 Å². The number of benzene rings is 2. The van der Waals surface area contributed by atoms with Crippen molar-refractivity contribution in [3.05, 3.63) is 99.1 Å². The van der Waals surface area contributed by atoms with Crippen LogP contribution in [0.1, 0.15) is 11.1 Å². The molecule has 3 aromatic rings. The molecule has 1 aliphatic rings. The summed E-state index contributed by atoms with van der Waals surface area (Å²) in [7, 11) is 0. The fraction of sp³-hybridized carbons (Fsp3) is 0.0870. The number of carbonyl (C=O) groups is 2. The fourth-order valence-electron chi connectivity index (χ4n) is 3.02. The van der Waals surface area contributed by atoms with Crippen molar-refractivity contribution in [2.24, 2.45) is 0 Å². The van der Waals surface area contributed by atoms with E-state index in [1.807, 2.05) is 30.3 Å². The molecule has 0 atom stereocenters. The van der Waals surface area contributed by atoms with E-state index in [2.05, 4.69) is 4.98 Å². The molecule has 2 aromatic carbocycles. The van der Waals surface area contributed by atoms with Crippen LogP contribution in [0, 0.1) is 10.1 Å². The highest BCUT2D eigenvalue weighted by molar-refractivity contribution is 8.18. The van der Waals surface area contributed by atoms with Gasteiger partial charge in [-0.1, -0.05) is 42.5 Å². The van der Waals surface area contributed by atoms with Crippen molar-refractivity contribution in [1.29, 1.82) is 0 Å². The fourth-order valence-corrected chi connectivity index (χ4v) is 3.89. The number of hydrogen-bond acceptors (Lipinski definition) is 7. The third-order valence-corrected chi connectivity index (χ3v) is 5.58. The van der Waals surface area contributed by atoms with E-state index in [0.717, 1.165) is 29.1 Å². The van der Waals surface area contributed by atoms with E-state index >= 15 is 0 Å². The van der Waals surface area contributed by atoms with E-state index in [1.54, 1.807) is 30.3 Å². The van der Waals surface area contributed by atoms with Crippen LogP contribution in [0.5, 0.6) is 11.6 Å². The largest absolute Gasteiger partial charge is 0.439 e. The number of pyridine rings is 1. The summed E-state index contributed by atoms with van der Waals surface area (Å²) in [6, 6.07) is 19.3. The zero-order chi connectivity index (χ0) is 22.5. The second-order valence-corrected chi connectivity index (χ2v) is 7.84. The molecule has 0 radical (unpaired) electrons. The number of amides is 2. The third kappa shape index (κ3) is 5.01. The maximum absolute atomic E-state index is 12.7. The summed E-state index contributed by atoms with van der Waals surface area (Å²) in [6.07, 6.45) is 3.40. The maximum atomic E-state index is 12.7. The predicted molar refractivity (Wildman–Crippen MR) is 120 cm³/mol. The Morgan fingerprint density at radius 3 is 2.44 bits per heavy atom. The van der Waals surface area contributed by atoms with Crippen LogP contribution in [0.3, 0.4) is 0 Å². The number of nitro groups is 1. The molecule has 0 saturated carbocycles. The number of imide groups is 1. The third-order valence-electron chi connectivity index (χ3n) is 4.67. The van der Waals surface area contributed by atoms with E-state index in [0.29, 0.717) is 23.6 Å². The Morgan fingerprint density at radius 1 is 1.03 bits per heavy atom. The summed E-state index contributed by atoms with van der Waals surface area (Å²) in [5.74, 6) is 0.411. The van der Waals surface area contributed by atoms with Crippen molar-refractivity contribution in [3.8, 4) is 11.6 Å². The monoisotopic (exact) mass is 447 g/mol. The van der Waals surface area contributed by atoms with Gasteiger partial charge in [0.2, 0.25) is 5.88 Å². The topological polar surface area (TPSA) is 103 Å². The van der Waals surface area contributed by atoms with Crippen molar-refractivity contribution in [3.63, 3.8) is 0 Å². The first kappa shape index (κ1) is 21.3. The van der Waals surface area contributed by atoms with Crippen LogP contribution < -0.4 is 4.74 Å². The first-order chi connectivity index (χ1) is 15.5. The number of rotatable bonds is 7. The molecule has 0 bridgehead atoms. The molecule has 32 heavy (non-hydrogen) atoms. The lowest BCUT2D eigenvalue weighted by atomic mass is 10.1. The molecule has 0 spiro atoms. The minimum atomic E-state index is -0.533. The Bertz CT molecular complexity index is 1180. The molecular weight excluding hydrogens is 430 g/mol. The molecule has 0 aliphatic carbocycles. The highest BCUT2D eigenvalue weighted by Gasteiger charge is 2.34. The van der Waals surface area contributed by atoms with Gasteiger partial charge in [0.15, 0.2) is 0 Å². The Balaban J connectivity index is 1.39. The van der Waals surface area contributed by atoms with Gasteiger partial charge in [-0.2, -0.15) is 0 Å². The van der Waals surface area contributed by atoms with Crippen molar-refractivity contribution in [1.82, 2.24) is 9.88 Å². The van der Waals surface area contributed by atoms with E-state index in [9.17, 15) is 19.7 Å². The average molecular weight is 447 g/mol. The van der Waals surface area contributed by atoms with Gasteiger partial charge in [0, 0.05) is 18.7 Å². The number of hydrogen-bond donors (Lipinski definition) is 0. The Hall–Kier alpha value is -3.98. The lowest BCUT2D eigenvalue weighted by molar-refractivity contribution is -0.385. The van der Waals surface area contributed by atoms with Gasteiger partial charge in [0.1, 0.15) is 11.9 Å². The number of carbonyl (C=O) groups excluding carboxylic acids is 2. The lowest BCUT2D eigenvalue weighted by Crippen LogP contribution is -2.30. The molecule has 8 nitrogen and oxygen atoms in total. The number of aromatic nitrogens is 1. The van der Waals surface area contributed by atoms with Gasteiger partial charge in [-0.3, -0.25) is 24.6 Å². The quantitative estimate of drug-likeness (QED) is 0.283. The van der Waals surface area contributed by atoms with Gasteiger partial charge >= 0.3 is 0 Å². The summed E-state index contributed by atoms with van der Waals surface area (Å²) < 4.78 is 5.58. The van der Waals surface area contributed by atoms with E-state index in [1.165, 1.54) is 17.0 Å². The molecular formula is C23H17N3O5S. The highest BCUT2D eigenvalue weighted by Crippen LogP contribution is 2.32. The molecule has 0 N–H and O–H groups in total. The van der Waals surface area contributed by atoms with E-state index in [-0.39, 0.29) is 22.7 Å². The van der Waals surface area contributed by atoms with Crippen molar-refractivity contribution < 1.29 is 19.2 Å². The van der Waals surface area contributed by atoms with E-state index < -0.39 is 4.92 Å². The first-order valence-corrected chi connectivity index (χ1v) is 10.5. The summed E-state index contributed by atoms with van der Waals surface area (Å²) in [4.78, 5) is 40.6. The SMILES string of the molecule is O=C1S/C(=C\c2ccc(Oc3ccc([N+](=O)[O-])cn3)cc2)C(=O)N1CCc1ccccc1. The molecule has 0 unspecified atom stereocenters. The summed E-state index contributed by atoms with van der Waals surface area (Å²) in [6.45, 7) is 0.334. The molecule has 4 rings (SSSR count). The van der Waals surface area contributed by atoms with Crippen LogP contribution in [0.4, 0.5) is 10.5 Å². The lowest BCUT2D eigenvalue weighted by Gasteiger charge is -2.12. The normalized spacial score (nSPS) is 14.8. The van der Waals surface area contributed by atoms with Gasteiger partial charge in [0.05, 0.1) is 9.83 Å². The predicted octanol–water partition coefficient (Wildman–Crippen LogP) is 5.06. The zero-order valence-electron chi connectivity index (χ0n) is 16.7. The van der Waals surface area contributed by atoms with Gasteiger partial charge in [-0.25, -0.2) is 4.98 Å². The molecule has 1 saturated heterocycles. The maximum Gasteiger partial charge on any atom is 0.293 e. The van der Waals surface area contributed by atoms with Gasteiger partial charge in [0.25, 0.3) is 16.8 Å². The Kier molecular flexibility index (Phi) is 6.27. The van der Waals surface area contributed by atoms with Gasteiger partial charge in [-0.05, 0) is 47.5 Å². The van der Waals surface area contributed by atoms with Crippen LogP contribution in [0.2, 0.25) is 0 Å². The van der Waals surface area contributed by atoms with Gasteiger partial charge in [-0.15, -0.1) is 0 Å². The van der Waals surface area contributed by atoms with Crippen LogP contribution in [-0.4, -0.2) is 32.5 Å². The van der Waals surface area contributed by atoms with Crippen LogP contribution in [0.15, 0.2) is 77.8 Å². The minimum absolute atomic E-state index is 0.120. The summed E-state index contributed by atoms with van der Waals surface area (Å²) in [5, 5.41) is 10.4. The number of nitrogens with zero attached hydrogens (tertiary/aromatic N) is 3. The molecule has 2 amide bonds. The van der Waals surface area contributed by atoms with Crippen molar-refractivity contribution in [2.45, 2.75) is 6.42 Å². The second-order valence-electron chi connectivity index (χ2n) is 6.85. The van der Waals surface area contributed by atoms with Crippen molar-refractivity contribution in [2.75, 3.05) is 6.54 Å². The number of ether oxygens (including phenoxy) is 1. The Morgan fingerprint density at radius 2 is 1.78 bits per heavy atom. The van der Waals surface area contributed by atoms with Crippen LogP contribution >= 0.6 is 11.8 Å².